The van der Waals surface area contributed by atoms with Crippen molar-refractivity contribution < 1.29 is 8.42 Å². The first-order valence-corrected chi connectivity index (χ1v) is 8.88. The summed E-state index contributed by atoms with van der Waals surface area (Å²) in [4.78, 5) is 0. The molecule has 2 rings (SSSR count). The zero-order valence-electron chi connectivity index (χ0n) is 11.4. The smallest absolute Gasteiger partial charge is 0.217 e. The topological polar surface area (TPSA) is 49.4 Å². The van der Waals surface area contributed by atoms with Gasteiger partial charge in [0, 0.05) is 19.1 Å². The lowest BCUT2D eigenvalue weighted by Gasteiger charge is -2.35. The maximum atomic E-state index is 12.7. The van der Waals surface area contributed by atoms with E-state index in [9.17, 15) is 8.42 Å². The zero-order valence-corrected chi connectivity index (χ0v) is 12.2. The van der Waals surface area contributed by atoms with Crippen LogP contribution in [-0.4, -0.2) is 43.6 Å². The summed E-state index contributed by atoms with van der Waals surface area (Å²) in [6, 6.07) is 0.185. The summed E-state index contributed by atoms with van der Waals surface area (Å²) in [5.41, 5.74) is 0. The van der Waals surface area contributed by atoms with Crippen molar-refractivity contribution in [2.45, 2.75) is 63.2 Å². The van der Waals surface area contributed by atoms with Gasteiger partial charge in [-0.1, -0.05) is 19.8 Å². The van der Waals surface area contributed by atoms with E-state index in [1.807, 2.05) is 4.31 Å². The molecule has 2 fully saturated rings. The minimum absolute atomic E-state index is 0.106. The highest BCUT2D eigenvalue weighted by Crippen LogP contribution is 2.29. The maximum Gasteiger partial charge on any atom is 0.217 e. The second-order valence-electron chi connectivity index (χ2n) is 5.56. The van der Waals surface area contributed by atoms with Crippen molar-refractivity contribution in [2.75, 3.05) is 19.6 Å². The molecular weight excluding hydrogens is 248 g/mol. The summed E-state index contributed by atoms with van der Waals surface area (Å²) < 4.78 is 27.3. The Morgan fingerprint density at radius 3 is 2.44 bits per heavy atom. The van der Waals surface area contributed by atoms with E-state index in [0.717, 1.165) is 58.0 Å². The molecule has 106 valence electrons. The average molecular weight is 274 g/mol. The highest BCUT2D eigenvalue weighted by molar-refractivity contribution is 7.89. The highest BCUT2D eigenvalue weighted by atomic mass is 32.2. The van der Waals surface area contributed by atoms with Crippen LogP contribution in [-0.2, 0) is 10.0 Å². The summed E-state index contributed by atoms with van der Waals surface area (Å²) >= 11 is 0. The molecule has 1 unspecified atom stereocenters. The summed E-state index contributed by atoms with van der Waals surface area (Å²) in [6.45, 7) is 4.60. The molecule has 0 aromatic carbocycles. The molecule has 0 bridgehead atoms. The third-order valence-electron chi connectivity index (χ3n) is 4.17. The van der Waals surface area contributed by atoms with Gasteiger partial charge >= 0.3 is 0 Å². The van der Waals surface area contributed by atoms with Crippen LogP contribution in [0.4, 0.5) is 0 Å². The molecular formula is C13H26N2O2S. The van der Waals surface area contributed by atoms with Gasteiger partial charge in [0.1, 0.15) is 0 Å². The summed E-state index contributed by atoms with van der Waals surface area (Å²) in [5, 5.41) is 3.22. The lowest BCUT2D eigenvalue weighted by molar-refractivity contribution is 0.263. The fraction of sp³-hybridized carbons (Fsp3) is 1.00. The Labute approximate surface area is 111 Å². The second kappa shape index (κ2) is 6.35. The Kier molecular flexibility index (Phi) is 5.04. The van der Waals surface area contributed by atoms with Crippen LogP contribution in [0.5, 0.6) is 0 Å². The van der Waals surface area contributed by atoms with E-state index in [-0.39, 0.29) is 11.3 Å². The third kappa shape index (κ3) is 3.06. The number of nitrogens with one attached hydrogen (secondary N) is 1. The van der Waals surface area contributed by atoms with E-state index in [2.05, 4.69) is 12.2 Å². The van der Waals surface area contributed by atoms with E-state index >= 15 is 0 Å². The lowest BCUT2D eigenvalue weighted by atomic mass is 10.1. The van der Waals surface area contributed by atoms with E-state index in [1.54, 1.807) is 0 Å². The quantitative estimate of drug-likeness (QED) is 0.830. The van der Waals surface area contributed by atoms with Crippen molar-refractivity contribution in [3.8, 4) is 0 Å². The molecule has 18 heavy (non-hydrogen) atoms. The Bertz CT molecular complexity index is 344. The van der Waals surface area contributed by atoms with E-state index in [4.69, 9.17) is 0 Å². The normalized spacial score (nSPS) is 26.9. The van der Waals surface area contributed by atoms with Gasteiger partial charge in [-0.25, -0.2) is 8.42 Å². The molecule has 0 spiro atoms. The van der Waals surface area contributed by atoms with Gasteiger partial charge < -0.3 is 5.32 Å². The average Bonchev–Trinajstić information content (AvgIpc) is 2.91. The first-order chi connectivity index (χ1) is 8.66. The molecule has 0 amide bonds. The monoisotopic (exact) mass is 274 g/mol. The Hall–Kier alpha value is -0.130. The van der Waals surface area contributed by atoms with Gasteiger partial charge in [0.05, 0.1) is 5.25 Å². The van der Waals surface area contributed by atoms with Crippen molar-refractivity contribution >= 4 is 10.0 Å². The van der Waals surface area contributed by atoms with E-state index in [1.165, 1.54) is 0 Å². The number of hydrogen-bond acceptors (Lipinski definition) is 3. The van der Waals surface area contributed by atoms with Crippen molar-refractivity contribution in [3.05, 3.63) is 0 Å². The van der Waals surface area contributed by atoms with Crippen LogP contribution < -0.4 is 5.32 Å². The molecule has 1 aliphatic carbocycles. The number of nitrogens with zero attached hydrogens (tertiary/aromatic N) is 1. The Morgan fingerprint density at radius 1 is 1.17 bits per heavy atom. The van der Waals surface area contributed by atoms with Gasteiger partial charge in [-0.05, 0) is 38.6 Å². The van der Waals surface area contributed by atoms with Crippen molar-refractivity contribution in [2.24, 2.45) is 0 Å². The molecule has 4 nitrogen and oxygen atoms in total. The summed E-state index contributed by atoms with van der Waals surface area (Å²) in [7, 11) is -3.07. The summed E-state index contributed by atoms with van der Waals surface area (Å²) in [5.74, 6) is 0. The first-order valence-electron chi connectivity index (χ1n) is 7.37. The Morgan fingerprint density at radius 2 is 1.89 bits per heavy atom. The molecule has 1 saturated carbocycles. The molecule has 1 heterocycles. The SMILES string of the molecule is CCCN(C1CCCNC1)S(=O)(=O)C1CCCC1. The van der Waals surface area contributed by atoms with Crippen LogP contribution in [0.1, 0.15) is 51.9 Å². The van der Waals surface area contributed by atoms with E-state index < -0.39 is 10.0 Å². The van der Waals surface area contributed by atoms with Crippen LogP contribution in [0, 0.1) is 0 Å². The minimum Gasteiger partial charge on any atom is -0.315 e. The minimum atomic E-state index is -3.07. The van der Waals surface area contributed by atoms with Gasteiger partial charge in [0.2, 0.25) is 10.0 Å². The third-order valence-corrected chi connectivity index (χ3v) is 6.62. The predicted molar refractivity (Wildman–Crippen MR) is 74.1 cm³/mol. The van der Waals surface area contributed by atoms with Gasteiger partial charge in [-0.2, -0.15) is 4.31 Å². The number of hydrogen-bond donors (Lipinski definition) is 1. The predicted octanol–water partition coefficient (Wildman–Crippen LogP) is 1.72. The van der Waals surface area contributed by atoms with Crippen LogP contribution in [0.2, 0.25) is 0 Å². The van der Waals surface area contributed by atoms with Gasteiger partial charge in [-0.15, -0.1) is 0 Å². The molecule has 1 saturated heterocycles. The fourth-order valence-electron chi connectivity index (χ4n) is 3.19. The van der Waals surface area contributed by atoms with Crippen molar-refractivity contribution in [1.29, 1.82) is 0 Å². The second-order valence-corrected chi connectivity index (χ2v) is 7.73. The van der Waals surface area contributed by atoms with Gasteiger partial charge in [0.15, 0.2) is 0 Å². The molecule has 1 atom stereocenters. The highest BCUT2D eigenvalue weighted by Gasteiger charge is 2.37. The molecule has 0 aromatic rings. The molecule has 1 N–H and O–H groups in total. The standard InChI is InChI=1S/C13H26N2O2S/c1-2-10-15(12-6-5-9-14-11-12)18(16,17)13-7-3-4-8-13/h12-14H,2-11H2,1H3. The molecule has 1 aliphatic heterocycles. The van der Waals surface area contributed by atoms with Crippen LogP contribution >= 0.6 is 0 Å². The largest absolute Gasteiger partial charge is 0.315 e. The fourth-order valence-corrected chi connectivity index (χ4v) is 5.54. The number of piperidine rings is 1. The van der Waals surface area contributed by atoms with Crippen LogP contribution in [0.3, 0.4) is 0 Å². The lowest BCUT2D eigenvalue weighted by Crippen LogP contribution is -2.51. The van der Waals surface area contributed by atoms with Gasteiger partial charge in [0.25, 0.3) is 0 Å². The van der Waals surface area contributed by atoms with Crippen molar-refractivity contribution in [1.82, 2.24) is 9.62 Å². The molecule has 0 radical (unpaired) electrons. The molecule has 2 aliphatic rings. The number of sulfonamides is 1. The summed E-state index contributed by atoms with van der Waals surface area (Å²) in [6.07, 6.45) is 6.89. The number of rotatable bonds is 5. The van der Waals surface area contributed by atoms with Crippen LogP contribution in [0.15, 0.2) is 0 Å². The Balaban J connectivity index is 2.11. The van der Waals surface area contributed by atoms with Gasteiger partial charge in [-0.3, -0.25) is 0 Å². The van der Waals surface area contributed by atoms with E-state index in [0.29, 0.717) is 6.54 Å². The maximum absolute atomic E-state index is 12.7. The first kappa shape index (κ1) is 14.3. The zero-order chi connectivity index (χ0) is 13.0. The van der Waals surface area contributed by atoms with Crippen LogP contribution in [0.25, 0.3) is 0 Å². The van der Waals surface area contributed by atoms with Crippen molar-refractivity contribution in [3.63, 3.8) is 0 Å². The molecule has 0 aromatic heterocycles. The molecule has 5 heteroatoms.